The summed E-state index contributed by atoms with van der Waals surface area (Å²) in [6, 6.07) is 4.43. The van der Waals surface area contributed by atoms with Gasteiger partial charge in [0.05, 0.1) is 10.2 Å². The number of nitrogens with one attached hydrogen (secondary N) is 1. The third-order valence-corrected chi connectivity index (χ3v) is 3.88. The van der Waals surface area contributed by atoms with Gasteiger partial charge in [-0.25, -0.2) is 4.39 Å². The van der Waals surface area contributed by atoms with Crippen molar-refractivity contribution in [1.82, 2.24) is 10.2 Å². The normalized spacial score (nSPS) is 15.2. The molecule has 1 aliphatic carbocycles. The molecule has 0 unspecified atom stereocenters. The van der Waals surface area contributed by atoms with E-state index >= 15 is 0 Å². The Kier molecular flexibility index (Phi) is 2.71. The summed E-state index contributed by atoms with van der Waals surface area (Å²) in [5.74, 6) is 0.213. The Labute approximate surface area is 111 Å². The fourth-order valence-electron chi connectivity index (χ4n) is 1.87. The van der Waals surface area contributed by atoms with Crippen LogP contribution in [-0.2, 0) is 0 Å². The van der Waals surface area contributed by atoms with Gasteiger partial charge in [-0.1, -0.05) is 11.6 Å². The van der Waals surface area contributed by atoms with Crippen LogP contribution in [0.15, 0.2) is 22.7 Å². The van der Waals surface area contributed by atoms with Gasteiger partial charge in [0, 0.05) is 16.5 Å². The predicted octanol–water partition coefficient (Wildman–Crippen LogP) is 4.51. The minimum Gasteiger partial charge on any atom is -0.280 e. The molecule has 0 aliphatic heterocycles. The lowest BCUT2D eigenvalue weighted by Crippen LogP contribution is -1.82. The Hall–Kier alpha value is -0.870. The van der Waals surface area contributed by atoms with E-state index in [1.165, 1.54) is 25.0 Å². The summed E-state index contributed by atoms with van der Waals surface area (Å²) in [7, 11) is 0. The molecular formula is C12H9BrClFN2. The van der Waals surface area contributed by atoms with Crippen molar-refractivity contribution in [3.8, 4) is 11.3 Å². The average Bonchev–Trinajstić information content (AvgIpc) is 3.01. The molecule has 0 saturated heterocycles. The van der Waals surface area contributed by atoms with Gasteiger partial charge in [-0.2, -0.15) is 5.10 Å². The number of hydrogen-bond acceptors (Lipinski definition) is 1. The standard InChI is InChI=1S/C12H9BrClFN2/c13-10-11(6-1-2-6)16-17-12(10)7-3-8(14)5-9(15)4-7/h3-6H,1-2H2,(H,16,17). The van der Waals surface area contributed by atoms with Gasteiger partial charge in [0.1, 0.15) is 11.5 Å². The van der Waals surface area contributed by atoms with Crippen LogP contribution in [0.3, 0.4) is 0 Å². The second-order valence-electron chi connectivity index (χ2n) is 4.23. The molecule has 2 aromatic rings. The Morgan fingerprint density at radius 3 is 2.76 bits per heavy atom. The molecule has 0 atom stereocenters. The van der Waals surface area contributed by atoms with Gasteiger partial charge in [-0.15, -0.1) is 0 Å². The number of benzene rings is 1. The van der Waals surface area contributed by atoms with Gasteiger partial charge >= 0.3 is 0 Å². The Balaban J connectivity index is 2.08. The Bertz CT molecular complexity index is 558. The van der Waals surface area contributed by atoms with E-state index in [9.17, 15) is 4.39 Å². The first kappa shape index (κ1) is 11.2. The van der Waals surface area contributed by atoms with Crippen LogP contribution in [0.4, 0.5) is 4.39 Å². The molecule has 0 spiro atoms. The van der Waals surface area contributed by atoms with Crippen LogP contribution in [0.25, 0.3) is 11.3 Å². The fraction of sp³-hybridized carbons (Fsp3) is 0.250. The van der Waals surface area contributed by atoms with Gasteiger partial charge in [0.2, 0.25) is 0 Å². The molecule has 1 aromatic heterocycles. The zero-order valence-electron chi connectivity index (χ0n) is 8.80. The maximum atomic E-state index is 13.3. The average molecular weight is 316 g/mol. The molecule has 1 aliphatic rings. The van der Waals surface area contributed by atoms with Crippen molar-refractivity contribution >= 4 is 27.5 Å². The molecule has 5 heteroatoms. The third-order valence-electron chi connectivity index (χ3n) is 2.85. The fourth-order valence-corrected chi connectivity index (χ4v) is 2.82. The summed E-state index contributed by atoms with van der Waals surface area (Å²) in [6.07, 6.45) is 2.37. The molecule has 1 aromatic carbocycles. The third kappa shape index (κ3) is 2.11. The Morgan fingerprint density at radius 1 is 1.35 bits per heavy atom. The molecule has 2 nitrogen and oxygen atoms in total. The summed E-state index contributed by atoms with van der Waals surface area (Å²) >= 11 is 9.36. The van der Waals surface area contributed by atoms with Crippen molar-refractivity contribution in [2.24, 2.45) is 0 Å². The molecule has 1 saturated carbocycles. The van der Waals surface area contributed by atoms with Gasteiger partial charge in [-0.05, 0) is 47.0 Å². The predicted molar refractivity (Wildman–Crippen MR) is 68.7 cm³/mol. The van der Waals surface area contributed by atoms with Gasteiger partial charge in [-0.3, -0.25) is 5.10 Å². The molecular weight excluding hydrogens is 307 g/mol. The number of aromatic amines is 1. The van der Waals surface area contributed by atoms with E-state index in [2.05, 4.69) is 26.1 Å². The van der Waals surface area contributed by atoms with E-state index in [1.54, 1.807) is 6.07 Å². The van der Waals surface area contributed by atoms with Crippen molar-refractivity contribution < 1.29 is 4.39 Å². The van der Waals surface area contributed by atoms with E-state index < -0.39 is 0 Å². The maximum Gasteiger partial charge on any atom is 0.125 e. The van der Waals surface area contributed by atoms with Crippen molar-refractivity contribution in [1.29, 1.82) is 0 Å². The van der Waals surface area contributed by atoms with Crippen molar-refractivity contribution in [3.63, 3.8) is 0 Å². The summed E-state index contributed by atoms with van der Waals surface area (Å²) in [5, 5.41) is 7.62. The van der Waals surface area contributed by atoms with Crippen molar-refractivity contribution in [2.45, 2.75) is 18.8 Å². The first-order valence-electron chi connectivity index (χ1n) is 5.35. The van der Waals surface area contributed by atoms with Crippen molar-refractivity contribution in [2.75, 3.05) is 0 Å². The molecule has 0 amide bonds. The minimum atomic E-state index is -0.352. The lowest BCUT2D eigenvalue weighted by Gasteiger charge is -2.00. The van der Waals surface area contributed by atoms with Crippen molar-refractivity contribution in [3.05, 3.63) is 39.2 Å². The SMILES string of the molecule is Fc1cc(Cl)cc(-c2n[nH]c(C3CC3)c2Br)c1. The van der Waals surface area contributed by atoms with E-state index in [-0.39, 0.29) is 5.82 Å². The minimum absolute atomic E-state index is 0.352. The molecule has 17 heavy (non-hydrogen) atoms. The lowest BCUT2D eigenvalue weighted by molar-refractivity contribution is 0.628. The van der Waals surface area contributed by atoms with E-state index in [0.29, 0.717) is 22.2 Å². The monoisotopic (exact) mass is 314 g/mol. The van der Waals surface area contributed by atoms with Crippen LogP contribution >= 0.6 is 27.5 Å². The highest BCUT2D eigenvalue weighted by Crippen LogP contribution is 2.44. The molecule has 3 rings (SSSR count). The summed E-state index contributed by atoms with van der Waals surface area (Å²) in [4.78, 5) is 0. The summed E-state index contributed by atoms with van der Waals surface area (Å²) in [6.45, 7) is 0. The highest BCUT2D eigenvalue weighted by atomic mass is 79.9. The second-order valence-corrected chi connectivity index (χ2v) is 5.46. The molecule has 0 bridgehead atoms. The van der Waals surface area contributed by atoms with Gasteiger partial charge in [0.25, 0.3) is 0 Å². The number of rotatable bonds is 2. The van der Waals surface area contributed by atoms with E-state index in [1.807, 2.05) is 0 Å². The lowest BCUT2D eigenvalue weighted by atomic mass is 10.1. The zero-order chi connectivity index (χ0) is 12.0. The topological polar surface area (TPSA) is 28.7 Å². The summed E-state index contributed by atoms with van der Waals surface area (Å²) in [5.41, 5.74) is 2.50. The molecule has 88 valence electrons. The first-order valence-corrected chi connectivity index (χ1v) is 6.52. The van der Waals surface area contributed by atoms with Gasteiger partial charge in [0.15, 0.2) is 0 Å². The highest BCUT2D eigenvalue weighted by molar-refractivity contribution is 9.10. The summed E-state index contributed by atoms with van der Waals surface area (Å²) < 4.78 is 14.2. The number of hydrogen-bond donors (Lipinski definition) is 1. The van der Waals surface area contributed by atoms with Crippen LogP contribution in [0, 0.1) is 5.82 Å². The number of aromatic nitrogens is 2. The molecule has 1 fully saturated rings. The number of H-pyrrole nitrogens is 1. The van der Waals surface area contributed by atoms with Crippen LogP contribution in [0.2, 0.25) is 5.02 Å². The largest absolute Gasteiger partial charge is 0.280 e. The zero-order valence-corrected chi connectivity index (χ0v) is 11.1. The second kappa shape index (κ2) is 4.10. The van der Waals surface area contributed by atoms with E-state index in [4.69, 9.17) is 11.6 Å². The first-order chi connectivity index (χ1) is 8.15. The highest BCUT2D eigenvalue weighted by Gasteiger charge is 2.29. The van der Waals surface area contributed by atoms with E-state index in [0.717, 1.165) is 10.2 Å². The molecule has 0 radical (unpaired) electrons. The quantitative estimate of drug-likeness (QED) is 0.868. The number of halogens is 3. The maximum absolute atomic E-state index is 13.3. The molecule has 1 N–H and O–H groups in total. The molecule has 1 heterocycles. The number of nitrogens with zero attached hydrogens (tertiary/aromatic N) is 1. The van der Waals surface area contributed by atoms with Crippen LogP contribution in [0.5, 0.6) is 0 Å². The van der Waals surface area contributed by atoms with Gasteiger partial charge < -0.3 is 0 Å². The Morgan fingerprint density at radius 2 is 2.12 bits per heavy atom. The van der Waals surface area contributed by atoms with Crippen LogP contribution in [-0.4, -0.2) is 10.2 Å². The van der Waals surface area contributed by atoms with Crippen LogP contribution < -0.4 is 0 Å². The van der Waals surface area contributed by atoms with Crippen LogP contribution in [0.1, 0.15) is 24.5 Å². The smallest absolute Gasteiger partial charge is 0.125 e.